The van der Waals surface area contributed by atoms with Gasteiger partial charge in [-0.3, -0.25) is 4.90 Å². The summed E-state index contributed by atoms with van der Waals surface area (Å²) in [6, 6.07) is 10.4. The average molecular weight is 384 g/mol. The van der Waals surface area contributed by atoms with Gasteiger partial charge in [-0.1, -0.05) is 24.3 Å². The third kappa shape index (κ3) is 3.59. The number of hydrogen-bond acceptors (Lipinski definition) is 6. The van der Waals surface area contributed by atoms with E-state index in [0.29, 0.717) is 11.0 Å². The summed E-state index contributed by atoms with van der Waals surface area (Å²) in [5.74, 6) is 2.36. The van der Waals surface area contributed by atoms with Crippen LogP contribution in [0.4, 0.5) is 5.13 Å². The van der Waals surface area contributed by atoms with Crippen molar-refractivity contribution in [3.05, 3.63) is 47.0 Å². The van der Waals surface area contributed by atoms with Gasteiger partial charge in [0.25, 0.3) is 0 Å². The number of hydrogen-bond donors (Lipinski definition) is 1. The normalized spacial score (nSPS) is 15.9. The molecule has 0 saturated carbocycles. The maximum Gasteiger partial charge on any atom is 0.180 e. The van der Waals surface area contributed by atoms with E-state index >= 15 is 0 Å². The van der Waals surface area contributed by atoms with E-state index in [4.69, 9.17) is 15.2 Å². The van der Waals surface area contributed by atoms with Crippen LogP contribution in [0.2, 0.25) is 0 Å². The molecule has 0 atom stereocenters. The quantitative estimate of drug-likeness (QED) is 0.713. The summed E-state index contributed by atoms with van der Waals surface area (Å²) >= 11 is 1.53. The lowest BCUT2D eigenvalue weighted by Gasteiger charge is -2.31. The molecule has 6 heteroatoms. The highest BCUT2D eigenvalue weighted by molar-refractivity contribution is 7.13. The molecule has 1 aliphatic rings. The van der Waals surface area contributed by atoms with Crippen LogP contribution in [-0.4, -0.2) is 37.2 Å². The van der Waals surface area contributed by atoms with Gasteiger partial charge in [-0.15, -0.1) is 11.3 Å². The van der Waals surface area contributed by atoms with Crippen molar-refractivity contribution in [2.75, 3.05) is 33.0 Å². The molecule has 0 aliphatic carbocycles. The van der Waals surface area contributed by atoms with Gasteiger partial charge in [-0.25, -0.2) is 4.98 Å². The van der Waals surface area contributed by atoms with Crippen molar-refractivity contribution in [1.82, 2.24) is 9.88 Å². The molecule has 1 aliphatic heterocycles. The van der Waals surface area contributed by atoms with Gasteiger partial charge in [0.2, 0.25) is 0 Å². The third-order valence-corrected chi connectivity index (χ3v) is 6.09. The maximum absolute atomic E-state index is 5.79. The van der Waals surface area contributed by atoms with E-state index < -0.39 is 0 Å². The van der Waals surface area contributed by atoms with Crippen LogP contribution < -0.4 is 15.2 Å². The van der Waals surface area contributed by atoms with Crippen molar-refractivity contribution in [2.24, 2.45) is 0 Å². The molecule has 0 radical (unpaired) electrons. The van der Waals surface area contributed by atoms with Gasteiger partial charge >= 0.3 is 0 Å². The SMILES string of the molecule is COc1cc(CN2CCC(c3csc(N)n3)CC2)c(OC)c2ccccc12. The van der Waals surface area contributed by atoms with E-state index in [1.165, 1.54) is 16.9 Å². The van der Waals surface area contributed by atoms with Gasteiger partial charge in [-0.05, 0) is 32.0 Å². The Morgan fingerprint density at radius 1 is 1.15 bits per heavy atom. The zero-order valence-corrected chi connectivity index (χ0v) is 16.6. The van der Waals surface area contributed by atoms with Gasteiger partial charge in [0, 0.05) is 34.2 Å². The molecule has 2 N–H and O–H groups in total. The molecule has 0 spiro atoms. The summed E-state index contributed by atoms with van der Waals surface area (Å²) in [5, 5.41) is 4.95. The zero-order valence-electron chi connectivity index (χ0n) is 15.8. The fourth-order valence-electron chi connectivity index (χ4n) is 4.01. The van der Waals surface area contributed by atoms with Crippen LogP contribution in [0.15, 0.2) is 35.7 Å². The van der Waals surface area contributed by atoms with Crippen LogP contribution in [0.25, 0.3) is 10.8 Å². The Kier molecular flexibility index (Phi) is 5.18. The summed E-state index contributed by atoms with van der Waals surface area (Å²) in [6.45, 7) is 2.94. The van der Waals surface area contributed by atoms with Crippen molar-refractivity contribution < 1.29 is 9.47 Å². The minimum absolute atomic E-state index is 0.517. The van der Waals surface area contributed by atoms with Gasteiger partial charge in [0.05, 0.1) is 19.9 Å². The number of aromatic nitrogens is 1. The van der Waals surface area contributed by atoms with E-state index in [1.807, 2.05) is 12.1 Å². The third-order valence-electron chi connectivity index (χ3n) is 5.40. The molecular formula is C21H25N3O2S. The first-order valence-electron chi connectivity index (χ1n) is 9.25. The molecule has 2 heterocycles. The molecular weight excluding hydrogens is 358 g/mol. The van der Waals surface area contributed by atoms with Crippen molar-refractivity contribution in [3.63, 3.8) is 0 Å². The first-order valence-corrected chi connectivity index (χ1v) is 10.1. The van der Waals surface area contributed by atoms with Gasteiger partial charge < -0.3 is 15.2 Å². The lowest BCUT2D eigenvalue weighted by Crippen LogP contribution is -2.32. The topological polar surface area (TPSA) is 60.6 Å². The van der Waals surface area contributed by atoms with Crippen LogP contribution in [0.1, 0.15) is 30.0 Å². The summed E-state index contributed by atoms with van der Waals surface area (Å²) in [7, 11) is 3.47. The first-order chi connectivity index (χ1) is 13.2. The number of methoxy groups -OCH3 is 2. The van der Waals surface area contributed by atoms with Crippen molar-refractivity contribution in [3.8, 4) is 11.5 Å². The Balaban J connectivity index is 1.54. The monoisotopic (exact) mass is 383 g/mol. The average Bonchev–Trinajstić information content (AvgIpc) is 3.14. The molecule has 3 aromatic rings. The van der Waals surface area contributed by atoms with Gasteiger partial charge in [-0.2, -0.15) is 0 Å². The molecule has 2 aromatic carbocycles. The predicted molar refractivity (Wildman–Crippen MR) is 111 cm³/mol. The minimum Gasteiger partial charge on any atom is -0.496 e. The van der Waals surface area contributed by atoms with Crippen molar-refractivity contribution >= 4 is 27.2 Å². The smallest absolute Gasteiger partial charge is 0.180 e. The highest BCUT2D eigenvalue weighted by Crippen LogP contribution is 2.38. The minimum atomic E-state index is 0.517. The molecule has 27 heavy (non-hydrogen) atoms. The molecule has 1 aromatic heterocycles. The zero-order chi connectivity index (χ0) is 18.8. The van der Waals surface area contributed by atoms with E-state index in [-0.39, 0.29) is 0 Å². The molecule has 1 saturated heterocycles. The van der Waals surface area contributed by atoms with Gasteiger partial charge in [0.1, 0.15) is 11.5 Å². The largest absolute Gasteiger partial charge is 0.496 e. The van der Waals surface area contributed by atoms with E-state index in [9.17, 15) is 0 Å². The summed E-state index contributed by atoms with van der Waals surface area (Å²) < 4.78 is 11.4. The predicted octanol–water partition coefficient (Wildman–Crippen LogP) is 4.28. The van der Waals surface area contributed by atoms with Crippen molar-refractivity contribution in [1.29, 1.82) is 0 Å². The van der Waals surface area contributed by atoms with Gasteiger partial charge in [0.15, 0.2) is 5.13 Å². The lowest BCUT2D eigenvalue weighted by atomic mass is 9.93. The molecule has 0 bridgehead atoms. The fraction of sp³-hybridized carbons (Fsp3) is 0.381. The van der Waals surface area contributed by atoms with Crippen LogP contribution in [0.5, 0.6) is 11.5 Å². The highest BCUT2D eigenvalue weighted by atomic mass is 32.1. The summed E-state index contributed by atoms with van der Waals surface area (Å²) in [4.78, 5) is 6.95. The first kappa shape index (κ1) is 18.1. The number of benzene rings is 2. The number of likely N-dealkylation sites (tertiary alicyclic amines) is 1. The fourth-order valence-corrected chi connectivity index (χ4v) is 4.66. The summed E-state index contributed by atoms with van der Waals surface area (Å²) in [5.41, 5.74) is 8.12. The molecule has 0 unspecified atom stereocenters. The van der Waals surface area contributed by atoms with Crippen LogP contribution in [-0.2, 0) is 6.54 Å². The number of nitrogens with zero attached hydrogens (tertiary/aromatic N) is 2. The Morgan fingerprint density at radius 2 is 1.89 bits per heavy atom. The molecule has 0 amide bonds. The van der Waals surface area contributed by atoms with Crippen molar-refractivity contribution in [2.45, 2.75) is 25.3 Å². The highest BCUT2D eigenvalue weighted by Gasteiger charge is 2.24. The number of nitrogen functional groups attached to an aromatic ring is 1. The second-order valence-electron chi connectivity index (χ2n) is 6.98. The number of rotatable bonds is 5. The number of thiazole rings is 1. The van der Waals surface area contributed by atoms with Crippen LogP contribution in [0.3, 0.4) is 0 Å². The number of anilines is 1. The molecule has 142 valence electrons. The standard InChI is InChI=1S/C21H25N3O2S/c1-25-19-11-15(20(26-2)17-6-4-3-5-16(17)19)12-24-9-7-14(8-10-24)18-13-27-21(22)23-18/h3-6,11,13-14H,7-10,12H2,1-2H3,(H2,22,23). The number of ether oxygens (including phenoxy) is 2. The van der Waals surface area contributed by atoms with E-state index in [0.717, 1.165) is 60.4 Å². The lowest BCUT2D eigenvalue weighted by molar-refractivity contribution is 0.201. The molecule has 4 rings (SSSR count). The summed E-state index contributed by atoms with van der Waals surface area (Å²) in [6.07, 6.45) is 2.21. The Bertz CT molecular complexity index is 932. The Hall–Kier alpha value is -2.31. The van der Waals surface area contributed by atoms with Crippen LogP contribution in [0, 0.1) is 0 Å². The second kappa shape index (κ2) is 7.74. The van der Waals surface area contributed by atoms with Crippen LogP contribution >= 0.6 is 11.3 Å². The number of nitrogens with two attached hydrogens (primary N) is 1. The van der Waals surface area contributed by atoms with E-state index in [2.05, 4.69) is 33.5 Å². The second-order valence-corrected chi connectivity index (χ2v) is 7.87. The molecule has 5 nitrogen and oxygen atoms in total. The Morgan fingerprint density at radius 3 is 2.52 bits per heavy atom. The Labute approximate surface area is 163 Å². The maximum atomic E-state index is 5.79. The molecule has 1 fully saturated rings. The number of fused-ring (bicyclic) bond motifs is 1. The van der Waals surface area contributed by atoms with E-state index in [1.54, 1.807) is 14.2 Å². The number of piperidine rings is 1.